The average Bonchev–Trinajstić information content (AvgIpc) is 3.04. The summed E-state index contributed by atoms with van der Waals surface area (Å²) in [4.78, 5) is 0. The summed E-state index contributed by atoms with van der Waals surface area (Å²) in [5.41, 5.74) is 1.12. The van der Waals surface area contributed by atoms with Gasteiger partial charge >= 0.3 is 0 Å². The monoisotopic (exact) mass is 225 g/mol. The Bertz CT molecular complexity index is 381. The smallest absolute Gasteiger partial charge is 0.143 e. The largest absolute Gasteiger partial charge is 0.369 e. The Morgan fingerprint density at radius 1 is 1.53 bits per heavy atom. The van der Waals surface area contributed by atoms with E-state index in [4.69, 9.17) is 11.6 Å². The SMILES string of the molecule is CCC1CNc2c(Cl)c(C3CC3)nn2C1. The molecule has 4 heteroatoms. The standard InChI is InChI=1S/C11H16ClN3/c1-2-7-5-13-11-9(12)10(8-3-4-8)14-15(11)6-7/h7-8,13H,2-6H2,1H3. The van der Waals surface area contributed by atoms with Gasteiger partial charge in [-0.3, -0.25) is 0 Å². The predicted molar refractivity (Wildman–Crippen MR) is 61.5 cm³/mol. The van der Waals surface area contributed by atoms with Gasteiger partial charge < -0.3 is 5.32 Å². The molecule has 0 bridgehead atoms. The van der Waals surface area contributed by atoms with Gasteiger partial charge in [0, 0.05) is 19.0 Å². The van der Waals surface area contributed by atoms with Crippen LogP contribution in [0.3, 0.4) is 0 Å². The van der Waals surface area contributed by atoms with Gasteiger partial charge in [-0.2, -0.15) is 5.10 Å². The third-order valence-electron chi connectivity index (χ3n) is 3.45. The van der Waals surface area contributed by atoms with Crippen molar-refractivity contribution in [3.8, 4) is 0 Å². The van der Waals surface area contributed by atoms with Gasteiger partial charge in [-0.05, 0) is 25.2 Å². The average molecular weight is 226 g/mol. The van der Waals surface area contributed by atoms with Crippen LogP contribution in [0.15, 0.2) is 0 Å². The zero-order chi connectivity index (χ0) is 10.4. The normalized spacial score (nSPS) is 24.8. The molecule has 2 aliphatic rings. The van der Waals surface area contributed by atoms with Crippen molar-refractivity contribution in [2.45, 2.75) is 38.6 Å². The molecule has 1 aromatic heterocycles. The molecule has 1 fully saturated rings. The molecule has 0 saturated heterocycles. The fraction of sp³-hybridized carbons (Fsp3) is 0.727. The van der Waals surface area contributed by atoms with Crippen LogP contribution in [0.2, 0.25) is 5.02 Å². The second kappa shape index (κ2) is 3.41. The third kappa shape index (κ3) is 1.53. The molecule has 0 radical (unpaired) electrons. The quantitative estimate of drug-likeness (QED) is 0.839. The van der Waals surface area contributed by atoms with Gasteiger partial charge in [0.1, 0.15) is 10.8 Å². The van der Waals surface area contributed by atoms with E-state index in [1.54, 1.807) is 0 Å². The zero-order valence-corrected chi connectivity index (χ0v) is 9.72. The molecule has 1 saturated carbocycles. The molecule has 2 heterocycles. The van der Waals surface area contributed by atoms with Crippen LogP contribution < -0.4 is 5.32 Å². The molecule has 1 N–H and O–H groups in total. The van der Waals surface area contributed by atoms with E-state index in [2.05, 4.69) is 22.0 Å². The van der Waals surface area contributed by atoms with Crippen LogP contribution in [-0.2, 0) is 6.54 Å². The molecule has 0 amide bonds. The molecule has 15 heavy (non-hydrogen) atoms. The van der Waals surface area contributed by atoms with E-state index in [0.29, 0.717) is 11.8 Å². The minimum atomic E-state index is 0.637. The second-order valence-electron chi connectivity index (χ2n) is 4.66. The van der Waals surface area contributed by atoms with Gasteiger partial charge in [0.2, 0.25) is 0 Å². The number of hydrogen-bond acceptors (Lipinski definition) is 2. The van der Waals surface area contributed by atoms with Crippen LogP contribution in [0.4, 0.5) is 5.82 Å². The van der Waals surface area contributed by atoms with Crippen LogP contribution in [0.1, 0.15) is 37.8 Å². The highest BCUT2D eigenvalue weighted by Gasteiger charge is 2.32. The van der Waals surface area contributed by atoms with E-state index < -0.39 is 0 Å². The molecule has 1 atom stereocenters. The molecule has 0 aromatic carbocycles. The van der Waals surface area contributed by atoms with Crippen LogP contribution >= 0.6 is 11.6 Å². The molecule has 3 rings (SSSR count). The number of rotatable bonds is 2. The first kappa shape index (κ1) is 9.52. The lowest BCUT2D eigenvalue weighted by Gasteiger charge is -2.23. The molecule has 3 nitrogen and oxygen atoms in total. The summed E-state index contributed by atoms with van der Waals surface area (Å²) in [6.45, 7) is 4.28. The third-order valence-corrected chi connectivity index (χ3v) is 3.82. The maximum absolute atomic E-state index is 6.32. The van der Waals surface area contributed by atoms with Crippen molar-refractivity contribution >= 4 is 17.4 Å². The highest BCUT2D eigenvalue weighted by molar-refractivity contribution is 6.33. The minimum absolute atomic E-state index is 0.637. The molecule has 1 aliphatic carbocycles. The Labute approximate surface area is 94.8 Å². The molecule has 82 valence electrons. The number of halogens is 1. The predicted octanol–water partition coefficient (Wildman–Crippen LogP) is 2.87. The minimum Gasteiger partial charge on any atom is -0.369 e. The van der Waals surface area contributed by atoms with Crippen molar-refractivity contribution < 1.29 is 0 Å². The lowest BCUT2D eigenvalue weighted by molar-refractivity contribution is 0.402. The number of aromatic nitrogens is 2. The first-order valence-corrected chi connectivity index (χ1v) is 6.17. The Morgan fingerprint density at radius 3 is 3.00 bits per heavy atom. The molecule has 1 aromatic rings. The van der Waals surface area contributed by atoms with Crippen molar-refractivity contribution in [2.75, 3.05) is 11.9 Å². The lowest BCUT2D eigenvalue weighted by atomic mass is 10.1. The number of anilines is 1. The van der Waals surface area contributed by atoms with Crippen molar-refractivity contribution in [2.24, 2.45) is 5.92 Å². The lowest BCUT2D eigenvalue weighted by Crippen LogP contribution is -2.27. The summed E-state index contributed by atoms with van der Waals surface area (Å²) in [5.74, 6) is 2.38. The zero-order valence-electron chi connectivity index (χ0n) is 8.96. The van der Waals surface area contributed by atoms with E-state index >= 15 is 0 Å². The first-order valence-electron chi connectivity index (χ1n) is 5.79. The number of fused-ring (bicyclic) bond motifs is 1. The number of nitrogens with zero attached hydrogens (tertiary/aromatic N) is 2. The van der Waals surface area contributed by atoms with Crippen molar-refractivity contribution in [1.82, 2.24) is 9.78 Å². The Kier molecular flexibility index (Phi) is 2.16. The second-order valence-corrected chi connectivity index (χ2v) is 5.04. The molecular formula is C11H16ClN3. The van der Waals surface area contributed by atoms with Gasteiger partial charge in [0.15, 0.2) is 0 Å². The Morgan fingerprint density at radius 2 is 2.33 bits per heavy atom. The van der Waals surface area contributed by atoms with Gasteiger partial charge in [0.05, 0.1) is 5.69 Å². The Balaban J connectivity index is 1.93. The maximum atomic E-state index is 6.32. The summed E-state index contributed by atoms with van der Waals surface area (Å²) in [7, 11) is 0. The fourth-order valence-electron chi connectivity index (χ4n) is 2.20. The van der Waals surface area contributed by atoms with Crippen LogP contribution in [0.25, 0.3) is 0 Å². The number of nitrogens with one attached hydrogen (secondary N) is 1. The highest BCUT2D eigenvalue weighted by atomic mass is 35.5. The first-order chi connectivity index (χ1) is 7.29. The number of hydrogen-bond donors (Lipinski definition) is 1. The molecule has 0 spiro atoms. The fourth-order valence-corrected chi connectivity index (χ4v) is 2.56. The summed E-state index contributed by atoms with van der Waals surface area (Å²) in [5, 5.41) is 8.90. The van der Waals surface area contributed by atoms with Crippen LogP contribution in [0, 0.1) is 5.92 Å². The van der Waals surface area contributed by atoms with Crippen LogP contribution in [0.5, 0.6) is 0 Å². The summed E-state index contributed by atoms with van der Waals surface area (Å²) in [6, 6.07) is 0. The maximum Gasteiger partial charge on any atom is 0.143 e. The van der Waals surface area contributed by atoms with Gasteiger partial charge in [-0.15, -0.1) is 0 Å². The van der Waals surface area contributed by atoms with E-state index in [-0.39, 0.29) is 0 Å². The molecule has 1 aliphatic heterocycles. The van der Waals surface area contributed by atoms with E-state index in [1.165, 1.54) is 19.3 Å². The topological polar surface area (TPSA) is 29.9 Å². The van der Waals surface area contributed by atoms with Gasteiger partial charge in [-0.25, -0.2) is 4.68 Å². The van der Waals surface area contributed by atoms with Gasteiger partial charge in [-0.1, -0.05) is 18.5 Å². The Hall–Kier alpha value is -0.700. The van der Waals surface area contributed by atoms with E-state index in [0.717, 1.165) is 29.6 Å². The summed E-state index contributed by atoms with van der Waals surface area (Å²) < 4.78 is 2.06. The molecular weight excluding hydrogens is 210 g/mol. The van der Waals surface area contributed by atoms with E-state index in [9.17, 15) is 0 Å². The highest BCUT2D eigenvalue weighted by Crippen LogP contribution is 2.45. The van der Waals surface area contributed by atoms with Gasteiger partial charge in [0.25, 0.3) is 0 Å². The molecule has 1 unspecified atom stereocenters. The van der Waals surface area contributed by atoms with Crippen molar-refractivity contribution in [3.63, 3.8) is 0 Å². The summed E-state index contributed by atoms with van der Waals surface area (Å²) >= 11 is 6.32. The summed E-state index contributed by atoms with van der Waals surface area (Å²) in [6.07, 6.45) is 3.71. The van der Waals surface area contributed by atoms with Crippen molar-refractivity contribution in [3.05, 3.63) is 10.7 Å². The van der Waals surface area contributed by atoms with Crippen LogP contribution in [-0.4, -0.2) is 16.3 Å². The van der Waals surface area contributed by atoms with E-state index in [1.807, 2.05) is 0 Å². The van der Waals surface area contributed by atoms with Crippen molar-refractivity contribution in [1.29, 1.82) is 0 Å².